The predicted octanol–water partition coefficient (Wildman–Crippen LogP) is 11.0. The van der Waals surface area contributed by atoms with Crippen LogP contribution in [0.15, 0.2) is 218 Å². The zero-order valence-electron chi connectivity index (χ0n) is 29.3. The third kappa shape index (κ3) is 5.12. The van der Waals surface area contributed by atoms with E-state index in [9.17, 15) is 0 Å². The summed E-state index contributed by atoms with van der Waals surface area (Å²) in [6.07, 6.45) is 0. The van der Waals surface area contributed by atoms with Gasteiger partial charge in [-0.15, -0.1) is 0 Å². The summed E-state index contributed by atoms with van der Waals surface area (Å²) < 4.78 is 0. The Morgan fingerprint density at radius 3 is 1.26 bits per heavy atom. The molecule has 10 aromatic rings. The first-order valence-electron chi connectivity index (χ1n) is 18.4. The molecule has 0 radical (unpaired) electrons. The Kier molecular flexibility index (Phi) is 7.60. The van der Waals surface area contributed by atoms with Gasteiger partial charge in [0.1, 0.15) is 0 Å². The Morgan fingerprint density at radius 2 is 0.679 bits per heavy atom. The van der Waals surface area contributed by atoms with Crippen LogP contribution < -0.4 is 20.7 Å². The molecule has 0 heterocycles. The topological polar surface area (TPSA) is 0 Å². The number of hydrogen-bond acceptors (Lipinski definition) is 0. The monoisotopic (exact) mass is 688 g/mol. The van der Waals surface area contributed by atoms with Crippen LogP contribution in [-0.2, 0) is 0 Å². The molecule has 0 spiro atoms. The van der Waals surface area contributed by atoms with Gasteiger partial charge in [0.2, 0.25) is 0 Å². The molecular formula is C52H36Si. The lowest BCUT2D eigenvalue weighted by Crippen LogP contribution is -2.74. The molecule has 0 bridgehead atoms. The van der Waals surface area contributed by atoms with Gasteiger partial charge in [0.25, 0.3) is 0 Å². The van der Waals surface area contributed by atoms with E-state index in [2.05, 4.69) is 218 Å². The molecule has 53 heavy (non-hydrogen) atoms. The summed E-state index contributed by atoms with van der Waals surface area (Å²) >= 11 is 0. The van der Waals surface area contributed by atoms with Crippen LogP contribution in [0.5, 0.6) is 0 Å². The maximum absolute atomic E-state index is 2.63. The second-order valence-corrected chi connectivity index (χ2v) is 17.8. The molecule has 0 amide bonds. The second-order valence-electron chi connectivity index (χ2n) is 14.0. The Morgan fingerprint density at radius 1 is 0.245 bits per heavy atom. The maximum Gasteiger partial charge on any atom is 0.179 e. The van der Waals surface area contributed by atoms with E-state index < -0.39 is 8.07 Å². The van der Waals surface area contributed by atoms with E-state index in [4.69, 9.17) is 0 Å². The molecule has 0 N–H and O–H groups in total. The van der Waals surface area contributed by atoms with Crippen molar-refractivity contribution in [1.82, 2.24) is 0 Å². The summed E-state index contributed by atoms with van der Waals surface area (Å²) in [7, 11) is -2.63. The Balaban J connectivity index is 1.18. The van der Waals surface area contributed by atoms with Crippen molar-refractivity contribution in [3.63, 3.8) is 0 Å². The Hall–Kier alpha value is -6.54. The molecule has 0 nitrogen and oxygen atoms in total. The lowest BCUT2D eigenvalue weighted by molar-refractivity contribution is 1.58. The highest BCUT2D eigenvalue weighted by Crippen LogP contribution is 2.41. The molecule has 1 heteroatoms. The van der Waals surface area contributed by atoms with Gasteiger partial charge in [0.05, 0.1) is 0 Å². The fraction of sp³-hybridized carbons (Fsp3) is 0. The van der Waals surface area contributed by atoms with Crippen LogP contribution in [0, 0.1) is 0 Å². The number of benzene rings is 10. The van der Waals surface area contributed by atoms with E-state index in [1.807, 2.05) is 0 Å². The van der Waals surface area contributed by atoms with Crippen LogP contribution in [0.25, 0.3) is 65.7 Å². The average Bonchev–Trinajstić information content (AvgIpc) is 3.25. The molecule has 0 aliphatic rings. The lowest BCUT2D eigenvalue weighted by Gasteiger charge is -2.34. The van der Waals surface area contributed by atoms with Gasteiger partial charge in [-0.2, -0.15) is 0 Å². The molecule has 0 saturated carbocycles. The highest BCUT2D eigenvalue weighted by atomic mass is 28.3. The van der Waals surface area contributed by atoms with E-state index >= 15 is 0 Å². The minimum atomic E-state index is -2.63. The van der Waals surface area contributed by atoms with Crippen molar-refractivity contribution in [3.05, 3.63) is 218 Å². The molecule has 10 aromatic carbocycles. The fourth-order valence-electron chi connectivity index (χ4n) is 8.77. The van der Waals surface area contributed by atoms with Crippen LogP contribution in [0.1, 0.15) is 0 Å². The van der Waals surface area contributed by atoms with E-state index in [0.29, 0.717) is 0 Å². The summed E-state index contributed by atoms with van der Waals surface area (Å²) in [4.78, 5) is 0. The molecule has 0 saturated heterocycles. The molecule has 10 rings (SSSR count). The van der Waals surface area contributed by atoms with Crippen LogP contribution in [-0.4, -0.2) is 8.07 Å². The smallest absolute Gasteiger partial charge is 0.0623 e. The van der Waals surface area contributed by atoms with E-state index in [0.717, 1.165) is 0 Å². The van der Waals surface area contributed by atoms with Gasteiger partial charge in [-0.3, -0.25) is 0 Å². The normalized spacial score (nSPS) is 11.8. The number of hydrogen-bond donors (Lipinski definition) is 0. The molecule has 0 aromatic heterocycles. The summed E-state index contributed by atoms with van der Waals surface area (Å²) in [5.74, 6) is 0. The van der Waals surface area contributed by atoms with E-state index in [1.54, 1.807) is 0 Å². The standard InChI is InChI=1S/C52H36Si/c1-5-14-37(15-6-1)47-34-30-42(48-33-28-41-25-24-39-16-13-17-40-29-35-49(48)52(41)51(39)40)36-50(47)38-26-31-46(32-27-38)53(43-18-7-2-8-19-43,44-20-9-3-10-21-44)45-22-11-4-12-23-45/h1-36H. The van der Waals surface area contributed by atoms with Gasteiger partial charge in [0, 0.05) is 0 Å². The Bertz CT molecular complexity index is 2730. The fourth-order valence-corrected chi connectivity index (χ4v) is 13.5. The lowest BCUT2D eigenvalue weighted by atomic mass is 9.87. The number of rotatable bonds is 7. The molecule has 0 unspecified atom stereocenters. The van der Waals surface area contributed by atoms with Crippen molar-refractivity contribution >= 4 is 61.1 Å². The van der Waals surface area contributed by atoms with Crippen molar-refractivity contribution in [2.24, 2.45) is 0 Å². The van der Waals surface area contributed by atoms with Gasteiger partial charge < -0.3 is 0 Å². The SMILES string of the molecule is c1ccc(-c2ccc(-c3ccc4ccc5cccc6ccc3c4c56)cc2-c2ccc([Si](c3ccccc3)(c3ccccc3)c3ccccc3)cc2)cc1. The van der Waals surface area contributed by atoms with Gasteiger partial charge in [-0.25, -0.2) is 0 Å². The minimum Gasteiger partial charge on any atom is -0.0623 e. The van der Waals surface area contributed by atoms with Crippen molar-refractivity contribution in [3.8, 4) is 33.4 Å². The molecule has 0 atom stereocenters. The highest BCUT2D eigenvalue weighted by Gasteiger charge is 2.41. The highest BCUT2D eigenvalue weighted by molar-refractivity contribution is 7.19. The first-order chi connectivity index (χ1) is 26.3. The molecule has 0 aliphatic carbocycles. The van der Waals surface area contributed by atoms with Gasteiger partial charge in [-0.05, 0) is 92.5 Å². The molecule has 0 aliphatic heterocycles. The zero-order chi connectivity index (χ0) is 35.2. The molecule has 248 valence electrons. The minimum absolute atomic E-state index is 1.21. The third-order valence-electron chi connectivity index (χ3n) is 11.2. The van der Waals surface area contributed by atoms with Crippen molar-refractivity contribution in [1.29, 1.82) is 0 Å². The summed E-state index contributed by atoms with van der Waals surface area (Å²) in [6, 6.07) is 81.2. The van der Waals surface area contributed by atoms with Crippen molar-refractivity contribution < 1.29 is 0 Å². The van der Waals surface area contributed by atoms with Crippen molar-refractivity contribution in [2.45, 2.75) is 0 Å². The second kappa shape index (κ2) is 12.9. The third-order valence-corrected chi connectivity index (χ3v) is 16.0. The predicted molar refractivity (Wildman–Crippen MR) is 230 cm³/mol. The average molecular weight is 689 g/mol. The van der Waals surface area contributed by atoms with E-state index in [-0.39, 0.29) is 0 Å². The summed E-state index contributed by atoms with van der Waals surface area (Å²) in [5, 5.41) is 13.4. The zero-order valence-corrected chi connectivity index (χ0v) is 30.3. The van der Waals surface area contributed by atoms with Gasteiger partial charge >= 0.3 is 0 Å². The first kappa shape index (κ1) is 31.2. The van der Waals surface area contributed by atoms with Crippen LogP contribution in [0.4, 0.5) is 0 Å². The largest absolute Gasteiger partial charge is 0.179 e. The van der Waals surface area contributed by atoms with Crippen molar-refractivity contribution in [2.75, 3.05) is 0 Å². The van der Waals surface area contributed by atoms with Gasteiger partial charge in [-0.1, -0.05) is 212 Å². The quantitative estimate of drug-likeness (QED) is 0.0888. The first-order valence-corrected chi connectivity index (χ1v) is 20.4. The van der Waals surface area contributed by atoms with Crippen LogP contribution in [0.3, 0.4) is 0 Å². The maximum atomic E-state index is 2.42. The summed E-state index contributed by atoms with van der Waals surface area (Å²) in [5.41, 5.74) is 7.38. The molecular weight excluding hydrogens is 653 g/mol. The molecule has 0 fully saturated rings. The van der Waals surface area contributed by atoms with E-state index in [1.165, 1.54) is 86.4 Å². The van der Waals surface area contributed by atoms with Crippen LogP contribution in [0.2, 0.25) is 0 Å². The van der Waals surface area contributed by atoms with Crippen LogP contribution >= 0.6 is 0 Å². The summed E-state index contributed by atoms with van der Waals surface area (Å²) in [6.45, 7) is 0. The Labute approximate surface area is 311 Å². The van der Waals surface area contributed by atoms with Gasteiger partial charge in [0.15, 0.2) is 8.07 Å².